The maximum Gasteiger partial charge on any atom is 0.260 e. The molecule has 2 aliphatic rings. The zero-order chi connectivity index (χ0) is 21.1. The predicted molar refractivity (Wildman–Crippen MR) is 113 cm³/mol. The number of allylic oxidation sites excluding steroid dienone is 1. The third-order valence-corrected chi connectivity index (χ3v) is 5.31. The molecule has 0 aromatic heterocycles. The summed E-state index contributed by atoms with van der Waals surface area (Å²) in [5.41, 5.74) is 2.98. The molecule has 1 fully saturated rings. The molecule has 7 heteroatoms. The number of ether oxygens (including phenoxy) is 3. The summed E-state index contributed by atoms with van der Waals surface area (Å²) in [6.45, 7) is 2.20. The van der Waals surface area contributed by atoms with Gasteiger partial charge in [-0.1, -0.05) is 18.2 Å². The number of para-hydroxylation sites is 1. The van der Waals surface area contributed by atoms with Crippen LogP contribution in [0.5, 0.6) is 11.5 Å². The van der Waals surface area contributed by atoms with E-state index in [1.165, 1.54) is 0 Å². The number of ketones is 1. The molecular weight excluding hydrogens is 384 g/mol. The van der Waals surface area contributed by atoms with E-state index in [1.807, 2.05) is 48.4 Å². The lowest BCUT2D eigenvalue weighted by atomic mass is 10.1. The van der Waals surface area contributed by atoms with Gasteiger partial charge in [-0.15, -0.1) is 0 Å². The standard InChI is InChI=1S/C23H24N2O5/c1-24-18-6-4-3-5-17(18)23(27)19(24)13-16-7-8-20(21(14-16)28-2)30-15-22(26)25-9-11-29-12-10-25/h3-8,13-14H,9-12,15H2,1-2H3. The van der Waals surface area contributed by atoms with Gasteiger partial charge >= 0.3 is 0 Å². The lowest BCUT2D eigenvalue weighted by Crippen LogP contribution is -2.43. The molecule has 156 valence electrons. The molecule has 0 unspecified atom stereocenters. The predicted octanol–water partition coefficient (Wildman–Crippen LogP) is 2.61. The molecule has 4 rings (SSSR count). The van der Waals surface area contributed by atoms with Crippen molar-refractivity contribution in [2.75, 3.05) is 52.0 Å². The summed E-state index contributed by atoms with van der Waals surface area (Å²) in [4.78, 5) is 28.7. The van der Waals surface area contributed by atoms with Crippen molar-refractivity contribution >= 4 is 23.5 Å². The number of methoxy groups -OCH3 is 1. The van der Waals surface area contributed by atoms with Crippen LogP contribution in [0.2, 0.25) is 0 Å². The Morgan fingerprint density at radius 3 is 2.63 bits per heavy atom. The number of amides is 1. The lowest BCUT2D eigenvalue weighted by molar-refractivity contribution is -0.137. The van der Waals surface area contributed by atoms with Gasteiger partial charge < -0.3 is 24.0 Å². The van der Waals surface area contributed by atoms with Crippen molar-refractivity contribution in [2.24, 2.45) is 0 Å². The van der Waals surface area contributed by atoms with E-state index in [2.05, 4.69) is 0 Å². The van der Waals surface area contributed by atoms with Crippen molar-refractivity contribution in [1.29, 1.82) is 0 Å². The van der Waals surface area contributed by atoms with Crippen LogP contribution >= 0.6 is 0 Å². The molecule has 0 spiro atoms. The number of hydrogen-bond donors (Lipinski definition) is 0. The first-order chi connectivity index (χ1) is 14.6. The van der Waals surface area contributed by atoms with E-state index in [-0.39, 0.29) is 18.3 Å². The van der Waals surface area contributed by atoms with E-state index in [9.17, 15) is 9.59 Å². The maximum absolute atomic E-state index is 12.7. The average molecular weight is 408 g/mol. The second kappa shape index (κ2) is 8.59. The topological polar surface area (TPSA) is 68.3 Å². The Balaban J connectivity index is 1.49. The minimum Gasteiger partial charge on any atom is -0.493 e. The Labute approximate surface area is 175 Å². The van der Waals surface area contributed by atoms with Crippen molar-refractivity contribution in [3.8, 4) is 11.5 Å². The van der Waals surface area contributed by atoms with Gasteiger partial charge in [-0.3, -0.25) is 9.59 Å². The van der Waals surface area contributed by atoms with Gasteiger partial charge in [0.25, 0.3) is 5.91 Å². The number of likely N-dealkylation sites (N-methyl/N-ethyl adjacent to an activating group) is 1. The van der Waals surface area contributed by atoms with Crippen LogP contribution in [0.3, 0.4) is 0 Å². The number of rotatable bonds is 5. The number of Topliss-reactive ketones (excluding diaryl/α,β-unsaturated/α-hetero) is 1. The molecule has 2 aromatic carbocycles. The average Bonchev–Trinajstić information content (AvgIpc) is 3.03. The Morgan fingerprint density at radius 2 is 1.90 bits per heavy atom. The SMILES string of the molecule is COc1cc(C=C2C(=O)c3ccccc3N2C)ccc1OCC(=O)N1CCOCC1. The summed E-state index contributed by atoms with van der Waals surface area (Å²) >= 11 is 0. The highest BCUT2D eigenvalue weighted by Crippen LogP contribution is 2.35. The number of carbonyl (C=O) groups is 2. The van der Waals surface area contributed by atoms with Crippen LogP contribution in [0.4, 0.5) is 5.69 Å². The van der Waals surface area contributed by atoms with Crippen LogP contribution in [-0.2, 0) is 9.53 Å². The Bertz CT molecular complexity index is 995. The summed E-state index contributed by atoms with van der Waals surface area (Å²) in [5, 5.41) is 0. The fourth-order valence-corrected chi connectivity index (χ4v) is 3.64. The molecule has 0 radical (unpaired) electrons. The largest absolute Gasteiger partial charge is 0.493 e. The molecule has 2 aromatic rings. The molecule has 0 aliphatic carbocycles. The number of benzene rings is 2. The number of nitrogens with zero attached hydrogens (tertiary/aromatic N) is 2. The lowest BCUT2D eigenvalue weighted by Gasteiger charge is -2.26. The fourth-order valence-electron chi connectivity index (χ4n) is 3.64. The van der Waals surface area contributed by atoms with Gasteiger partial charge in [-0.25, -0.2) is 0 Å². The zero-order valence-electron chi connectivity index (χ0n) is 17.1. The van der Waals surface area contributed by atoms with Crippen LogP contribution in [0.1, 0.15) is 15.9 Å². The minimum atomic E-state index is -0.0810. The molecule has 7 nitrogen and oxygen atoms in total. The van der Waals surface area contributed by atoms with Crippen molar-refractivity contribution < 1.29 is 23.8 Å². The van der Waals surface area contributed by atoms with E-state index in [0.717, 1.165) is 11.3 Å². The van der Waals surface area contributed by atoms with Crippen LogP contribution in [0.15, 0.2) is 48.2 Å². The highest BCUT2D eigenvalue weighted by Gasteiger charge is 2.29. The first-order valence-corrected chi connectivity index (χ1v) is 9.84. The monoisotopic (exact) mass is 408 g/mol. The van der Waals surface area contributed by atoms with Gasteiger partial charge in [0.15, 0.2) is 18.1 Å². The molecule has 0 bridgehead atoms. The van der Waals surface area contributed by atoms with Gasteiger partial charge in [0.1, 0.15) is 0 Å². The highest BCUT2D eigenvalue weighted by molar-refractivity contribution is 6.21. The normalized spacial score (nSPS) is 17.3. The van der Waals surface area contributed by atoms with E-state index in [1.54, 1.807) is 24.1 Å². The number of hydrogen-bond acceptors (Lipinski definition) is 6. The third kappa shape index (κ3) is 3.89. The van der Waals surface area contributed by atoms with E-state index in [0.29, 0.717) is 49.1 Å². The highest BCUT2D eigenvalue weighted by atomic mass is 16.5. The first kappa shape index (κ1) is 20.0. The molecule has 0 N–H and O–H groups in total. The number of fused-ring (bicyclic) bond motifs is 1. The molecule has 1 saturated heterocycles. The van der Waals surface area contributed by atoms with E-state index >= 15 is 0 Å². The zero-order valence-corrected chi connectivity index (χ0v) is 17.1. The smallest absolute Gasteiger partial charge is 0.260 e. The van der Waals surface area contributed by atoms with Crippen molar-refractivity contribution in [1.82, 2.24) is 4.90 Å². The summed E-state index contributed by atoms with van der Waals surface area (Å²) < 4.78 is 16.4. The van der Waals surface area contributed by atoms with Crippen molar-refractivity contribution in [2.45, 2.75) is 0 Å². The number of morpholine rings is 1. The van der Waals surface area contributed by atoms with Crippen LogP contribution in [0, 0.1) is 0 Å². The number of carbonyl (C=O) groups excluding carboxylic acids is 2. The van der Waals surface area contributed by atoms with Crippen LogP contribution in [0.25, 0.3) is 6.08 Å². The minimum absolute atomic E-state index is 0.0106. The van der Waals surface area contributed by atoms with Gasteiger partial charge in [0, 0.05) is 25.7 Å². The van der Waals surface area contributed by atoms with E-state index in [4.69, 9.17) is 14.2 Å². The molecule has 30 heavy (non-hydrogen) atoms. The first-order valence-electron chi connectivity index (χ1n) is 9.84. The summed E-state index contributed by atoms with van der Waals surface area (Å²) in [7, 11) is 3.42. The second-order valence-corrected chi connectivity index (χ2v) is 7.13. The van der Waals surface area contributed by atoms with Gasteiger partial charge in [0.05, 0.1) is 31.7 Å². The van der Waals surface area contributed by atoms with Crippen molar-refractivity contribution in [3.63, 3.8) is 0 Å². The Morgan fingerprint density at radius 1 is 1.13 bits per heavy atom. The Hall–Kier alpha value is -3.32. The molecule has 0 atom stereocenters. The Kier molecular flexibility index (Phi) is 5.72. The molecule has 2 heterocycles. The maximum atomic E-state index is 12.7. The summed E-state index contributed by atoms with van der Waals surface area (Å²) in [6.07, 6.45) is 1.83. The van der Waals surface area contributed by atoms with Gasteiger partial charge in [0.2, 0.25) is 5.78 Å². The van der Waals surface area contributed by atoms with Gasteiger partial charge in [-0.05, 0) is 35.9 Å². The molecule has 0 saturated carbocycles. The summed E-state index contributed by atoms with van der Waals surface area (Å²) in [5.74, 6) is 0.895. The van der Waals surface area contributed by atoms with Crippen LogP contribution in [-0.4, -0.2) is 63.7 Å². The third-order valence-electron chi connectivity index (χ3n) is 5.31. The summed E-state index contributed by atoms with van der Waals surface area (Å²) in [6, 6.07) is 12.9. The second-order valence-electron chi connectivity index (χ2n) is 7.13. The fraction of sp³-hybridized carbons (Fsp3) is 0.304. The number of anilines is 1. The van der Waals surface area contributed by atoms with E-state index < -0.39 is 0 Å². The quantitative estimate of drug-likeness (QED) is 0.709. The molecule has 2 aliphatic heterocycles. The molecule has 1 amide bonds. The van der Waals surface area contributed by atoms with Gasteiger partial charge in [-0.2, -0.15) is 0 Å². The molecular formula is C23H24N2O5. The van der Waals surface area contributed by atoms with Crippen molar-refractivity contribution in [3.05, 3.63) is 59.3 Å². The van der Waals surface area contributed by atoms with Crippen LogP contribution < -0.4 is 14.4 Å².